The van der Waals surface area contributed by atoms with Crippen LogP contribution in [0.3, 0.4) is 0 Å². The largest absolute Gasteiger partial charge is 0.508 e. The fourth-order valence-corrected chi connectivity index (χ4v) is 3.25. The van der Waals surface area contributed by atoms with Crippen molar-refractivity contribution in [2.75, 3.05) is 20.4 Å². The number of benzene rings is 2. The second-order valence-electron chi connectivity index (χ2n) is 8.78. The van der Waals surface area contributed by atoms with Crippen LogP contribution < -0.4 is 0 Å². The molecular formula is C25H33NO6. The van der Waals surface area contributed by atoms with E-state index in [9.17, 15) is 14.7 Å². The fourth-order valence-electron chi connectivity index (χ4n) is 3.25. The molecule has 0 bridgehead atoms. The summed E-state index contributed by atoms with van der Waals surface area (Å²) >= 11 is 0. The number of phenolic OH excluding ortho intramolecular Hbond substituents is 1. The van der Waals surface area contributed by atoms with Crippen molar-refractivity contribution in [3.63, 3.8) is 0 Å². The van der Waals surface area contributed by atoms with Gasteiger partial charge in [0.2, 0.25) is 0 Å². The van der Waals surface area contributed by atoms with Crippen molar-refractivity contribution in [3.8, 4) is 5.75 Å². The van der Waals surface area contributed by atoms with E-state index >= 15 is 0 Å². The molecule has 2 rings (SSSR count). The first kappa shape index (κ1) is 25.2. The Morgan fingerprint density at radius 3 is 2.19 bits per heavy atom. The highest BCUT2D eigenvalue weighted by atomic mass is 16.6. The maximum Gasteiger partial charge on any atom is 0.413 e. The third-order valence-electron chi connectivity index (χ3n) is 4.89. The fraction of sp³-hybridized carbons (Fsp3) is 0.440. The molecule has 2 aromatic rings. The molecule has 32 heavy (non-hydrogen) atoms. The highest BCUT2D eigenvalue weighted by molar-refractivity contribution is 5.86. The van der Waals surface area contributed by atoms with Gasteiger partial charge in [-0.1, -0.05) is 48.5 Å². The maximum atomic E-state index is 13.3. The van der Waals surface area contributed by atoms with Crippen LogP contribution in [0, 0.1) is 0 Å². The molecule has 0 aliphatic carbocycles. The molecule has 0 spiro atoms. The highest BCUT2D eigenvalue weighted by Crippen LogP contribution is 2.26. The van der Waals surface area contributed by atoms with Gasteiger partial charge in [-0.2, -0.15) is 0 Å². The summed E-state index contributed by atoms with van der Waals surface area (Å²) in [6, 6.07) is 16.3. The lowest BCUT2D eigenvalue weighted by molar-refractivity contribution is -0.160. The van der Waals surface area contributed by atoms with E-state index in [1.807, 2.05) is 30.3 Å². The second-order valence-corrected chi connectivity index (χ2v) is 8.78. The summed E-state index contributed by atoms with van der Waals surface area (Å²) < 4.78 is 16.4. The Kier molecular flexibility index (Phi) is 8.66. The SMILES string of the molecule is COCN(C(=O)OC(C)(C)C)C(C)(Cc1ccccc1)C(=O)OCCc1ccccc1O. The number of aromatic hydroxyl groups is 1. The number of carbonyl (C=O) groups is 2. The predicted octanol–water partition coefficient (Wildman–Crippen LogP) is 4.32. The van der Waals surface area contributed by atoms with Gasteiger partial charge >= 0.3 is 12.1 Å². The van der Waals surface area contributed by atoms with E-state index in [0.29, 0.717) is 12.0 Å². The first-order chi connectivity index (χ1) is 15.1. The molecule has 0 heterocycles. The maximum absolute atomic E-state index is 13.3. The van der Waals surface area contributed by atoms with Crippen molar-refractivity contribution < 1.29 is 28.9 Å². The van der Waals surface area contributed by atoms with Crippen LogP contribution in [0.25, 0.3) is 0 Å². The van der Waals surface area contributed by atoms with Gasteiger partial charge < -0.3 is 19.3 Å². The molecule has 0 radical (unpaired) electrons. The zero-order valence-corrected chi connectivity index (χ0v) is 19.5. The minimum absolute atomic E-state index is 0.0515. The van der Waals surface area contributed by atoms with Crippen LogP contribution >= 0.6 is 0 Å². The van der Waals surface area contributed by atoms with Gasteiger partial charge in [0.05, 0.1) is 6.61 Å². The average molecular weight is 444 g/mol. The van der Waals surface area contributed by atoms with Crippen LogP contribution in [0.2, 0.25) is 0 Å². The molecule has 0 saturated carbocycles. The molecule has 7 nitrogen and oxygen atoms in total. The first-order valence-corrected chi connectivity index (χ1v) is 10.5. The lowest BCUT2D eigenvalue weighted by Gasteiger charge is -2.39. The Morgan fingerprint density at radius 2 is 1.59 bits per heavy atom. The predicted molar refractivity (Wildman–Crippen MR) is 121 cm³/mol. The number of hydrogen-bond acceptors (Lipinski definition) is 6. The first-order valence-electron chi connectivity index (χ1n) is 10.5. The number of phenols is 1. The van der Waals surface area contributed by atoms with E-state index in [2.05, 4.69) is 0 Å². The molecule has 1 atom stereocenters. The number of nitrogens with zero attached hydrogens (tertiary/aromatic N) is 1. The van der Waals surface area contributed by atoms with Gasteiger partial charge in [-0.15, -0.1) is 0 Å². The third-order valence-corrected chi connectivity index (χ3v) is 4.89. The molecule has 1 N–H and O–H groups in total. The van der Waals surface area contributed by atoms with E-state index in [4.69, 9.17) is 14.2 Å². The number of para-hydroxylation sites is 1. The third kappa shape index (κ3) is 6.99. The Bertz CT molecular complexity index is 893. The Morgan fingerprint density at radius 1 is 0.969 bits per heavy atom. The average Bonchev–Trinajstić information content (AvgIpc) is 2.72. The summed E-state index contributed by atoms with van der Waals surface area (Å²) in [4.78, 5) is 27.6. The van der Waals surface area contributed by atoms with Crippen LogP contribution in [0.1, 0.15) is 38.8 Å². The molecule has 0 aliphatic heterocycles. The Labute approximate surface area is 189 Å². The molecule has 7 heteroatoms. The van der Waals surface area contributed by atoms with Gasteiger partial charge in [0.1, 0.15) is 23.6 Å². The van der Waals surface area contributed by atoms with Gasteiger partial charge in [0, 0.05) is 20.0 Å². The standard InChI is InChI=1S/C25H33NO6/c1-24(2,3)32-23(29)26(18-30-5)25(4,17-19-11-7-6-8-12-19)22(28)31-16-15-20-13-9-10-14-21(20)27/h6-14,27H,15-18H2,1-5H3. The summed E-state index contributed by atoms with van der Waals surface area (Å²) in [5.41, 5.74) is -0.590. The smallest absolute Gasteiger partial charge is 0.413 e. The summed E-state index contributed by atoms with van der Waals surface area (Å²) in [7, 11) is 1.45. The van der Waals surface area contributed by atoms with Crippen LogP contribution in [-0.2, 0) is 31.8 Å². The molecule has 1 unspecified atom stereocenters. The molecule has 2 aromatic carbocycles. The molecule has 0 aliphatic rings. The topological polar surface area (TPSA) is 85.3 Å². The number of amides is 1. The van der Waals surface area contributed by atoms with Crippen molar-refractivity contribution in [2.45, 2.75) is 51.7 Å². The molecule has 0 aromatic heterocycles. The zero-order chi connectivity index (χ0) is 23.8. The number of methoxy groups -OCH3 is 1. The minimum Gasteiger partial charge on any atom is -0.508 e. The zero-order valence-electron chi connectivity index (χ0n) is 19.5. The van der Waals surface area contributed by atoms with Crippen molar-refractivity contribution >= 4 is 12.1 Å². The van der Waals surface area contributed by atoms with Gasteiger partial charge in [0.15, 0.2) is 0 Å². The van der Waals surface area contributed by atoms with Crippen molar-refractivity contribution in [3.05, 3.63) is 65.7 Å². The summed E-state index contributed by atoms with van der Waals surface area (Å²) in [6.45, 7) is 6.83. The van der Waals surface area contributed by atoms with Gasteiger partial charge in [-0.3, -0.25) is 4.90 Å². The van der Waals surface area contributed by atoms with E-state index in [0.717, 1.165) is 5.56 Å². The van der Waals surface area contributed by atoms with Crippen LogP contribution in [-0.4, -0.2) is 53.7 Å². The molecular weight excluding hydrogens is 410 g/mol. The van der Waals surface area contributed by atoms with Crippen molar-refractivity contribution in [1.82, 2.24) is 4.90 Å². The molecule has 1 amide bonds. The Balaban J connectivity index is 2.28. The van der Waals surface area contributed by atoms with E-state index in [1.165, 1.54) is 12.0 Å². The molecule has 174 valence electrons. The lowest BCUT2D eigenvalue weighted by atomic mass is 9.91. The van der Waals surface area contributed by atoms with Gasteiger partial charge in [-0.05, 0) is 44.9 Å². The van der Waals surface area contributed by atoms with Gasteiger partial charge in [0.25, 0.3) is 0 Å². The Hall–Kier alpha value is -3.06. The summed E-state index contributed by atoms with van der Waals surface area (Å²) in [5.74, 6) is -0.440. The van der Waals surface area contributed by atoms with Crippen molar-refractivity contribution in [1.29, 1.82) is 0 Å². The van der Waals surface area contributed by atoms with Crippen LogP contribution in [0.5, 0.6) is 5.75 Å². The number of esters is 1. The van der Waals surface area contributed by atoms with Crippen LogP contribution in [0.4, 0.5) is 4.79 Å². The highest BCUT2D eigenvalue weighted by Gasteiger charge is 2.45. The molecule has 0 fully saturated rings. The summed E-state index contributed by atoms with van der Waals surface area (Å²) in [5, 5.41) is 9.94. The number of carbonyl (C=O) groups excluding carboxylic acids is 2. The van der Waals surface area contributed by atoms with Gasteiger partial charge in [-0.25, -0.2) is 9.59 Å². The van der Waals surface area contributed by atoms with E-state index in [1.54, 1.807) is 52.0 Å². The monoisotopic (exact) mass is 443 g/mol. The lowest BCUT2D eigenvalue weighted by Crippen LogP contribution is -2.58. The van der Waals surface area contributed by atoms with Crippen molar-refractivity contribution in [2.24, 2.45) is 0 Å². The van der Waals surface area contributed by atoms with E-state index < -0.39 is 23.2 Å². The minimum atomic E-state index is -1.38. The quantitative estimate of drug-likeness (QED) is 0.459. The number of rotatable bonds is 9. The second kappa shape index (κ2) is 11.0. The van der Waals surface area contributed by atoms with Crippen LogP contribution in [0.15, 0.2) is 54.6 Å². The van der Waals surface area contributed by atoms with E-state index in [-0.39, 0.29) is 25.5 Å². The number of ether oxygens (including phenoxy) is 3. The summed E-state index contributed by atoms with van der Waals surface area (Å²) in [6.07, 6.45) is -0.113. The number of hydrogen-bond donors (Lipinski definition) is 1. The normalized spacial score (nSPS) is 13.2. The molecule has 0 saturated heterocycles.